The number of anilines is 1. The summed E-state index contributed by atoms with van der Waals surface area (Å²) in [7, 11) is 0. The van der Waals surface area contributed by atoms with E-state index in [4.69, 9.17) is 5.73 Å². The summed E-state index contributed by atoms with van der Waals surface area (Å²) in [6.45, 7) is 5.25. The largest absolute Gasteiger partial charge is 0.365 e. The number of amides is 2. The minimum atomic E-state index is -2.84. The molecule has 0 aliphatic carbocycles. The van der Waals surface area contributed by atoms with E-state index in [1.807, 2.05) is 25.1 Å². The Morgan fingerprint density at radius 3 is 2.64 bits per heavy atom. The highest BCUT2D eigenvalue weighted by molar-refractivity contribution is 5.90. The van der Waals surface area contributed by atoms with E-state index in [9.17, 15) is 19.8 Å². The van der Waals surface area contributed by atoms with Crippen molar-refractivity contribution in [2.75, 3.05) is 24.5 Å². The molecule has 1 saturated heterocycles. The van der Waals surface area contributed by atoms with Crippen molar-refractivity contribution in [2.45, 2.75) is 38.5 Å². The summed E-state index contributed by atoms with van der Waals surface area (Å²) in [5, 5.41) is 20.0. The third-order valence-corrected chi connectivity index (χ3v) is 4.61. The number of rotatable bonds is 6. The van der Waals surface area contributed by atoms with Crippen LogP contribution in [0, 0.1) is 5.92 Å². The normalized spacial score (nSPS) is 19.6. The fourth-order valence-corrected chi connectivity index (χ4v) is 3.19. The van der Waals surface area contributed by atoms with Crippen LogP contribution in [-0.2, 0) is 9.59 Å². The summed E-state index contributed by atoms with van der Waals surface area (Å²) in [6, 6.07) is 5.49. The standard InChI is InChI=1S/C17H26N4O4/c1-3-6-13(17(24,25)16(18)23)15(22)21-10-9-20(11-12(21)2)14-7-4-5-8-19-14/h4-5,7-8,12-13,24-25H,3,6,9-11H2,1-2H3,(H2,18,23)/t12-,13?/m1/s1. The van der Waals surface area contributed by atoms with E-state index in [1.54, 1.807) is 18.0 Å². The lowest BCUT2D eigenvalue weighted by atomic mass is 9.90. The maximum absolute atomic E-state index is 12.9. The van der Waals surface area contributed by atoms with Gasteiger partial charge < -0.3 is 25.7 Å². The number of nitrogens with two attached hydrogens (primary N) is 1. The predicted molar refractivity (Wildman–Crippen MR) is 92.4 cm³/mol. The second kappa shape index (κ2) is 7.79. The molecule has 2 heterocycles. The van der Waals surface area contributed by atoms with Crippen LogP contribution < -0.4 is 10.6 Å². The monoisotopic (exact) mass is 350 g/mol. The number of aromatic nitrogens is 1. The molecule has 1 aliphatic rings. The van der Waals surface area contributed by atoms with Crippen LogP contribution in [0.3, 0.4) is 0 Å². The first kappa shape index (κ1) is 19.1. The van der Waals surface area contributed by atoms with E-state index < -0.39 is 23.5 Å². The summed E-state index contributed by atoms with van der Waals surface area (Å²) in [5.74, 6) is -5.04. The van der Waals surface area contributed by atoms with Gasteiger partial charge >= 0.3 is 0 Å². The van der Waals surface area contributed by atoms with Crippen molar-refractivity contribution in [1.29, 1.82) is 0 Å². The molecule has 2 amide bonds. The van der Waals surface area contributed by atoms with E-state index >= 15 is 0 Å². The van der Waals surface area contributed by atoms with Gasteiger partial charge in [-0.3, -0.25) is 9.59 Å². The Morgan fingerprint density at radius 2 is 2.12 bits per heavy atom. The molecular formula is C17H26N4O4. The number of primary amides is 1. The van der Waals surface area contributed by atoms with Gasteiger partial charge in [0.1, 0.15) is 11.7 Å². The molecule has 1 unspecified atom stereocenters. The van der Waals surface area contributed by atoms with Crippen molar-refractivity contribution < 1.29 is 19.8 Å². The molecule has 8 nitrogen and oxygen atoms in total. The first-order valence-corrected chi connectivity index (χ1v) is 8.50. The smallest absolute Gasteiger partial charge is 0.278 e. The number of hydrogen-bond donors (Lipinski definition) is 3. The third kappa shape index (κ3) is 4.08. The van der Waals surface area contributed by atoms with Crippen LogP contribution in [0.5, 0.6) is 0 Å². The van der Waals surface area contributed by atoms with Gasteiger partial charge in [0.2, 0.25) is 5.91 Å². The zero-order valence-electron chi connectivity index (χ0n) is 14.6. The van der Waals surface area contributed by atoms with E-state index in [2.05, 4.69) is 9.88 Å². The Balaban J connectivity index is 2.12. The van der Waals surface area contributed by atoms with Crippen LogP contribution in [0.4, 0.5) is 5.82 Å². The van der Waals surface area contributed by atoms with Gasteiger partial charge in [-0.2, -0.15) is 0 Å². The first-order chi connectivity index (χ1) is 11.8. The molecule has 0 saturated carbocycles. The number of pyridine rings is 1. The third-order valence-electron chi connectivity index (χ3n) is 4.61. The fraction of sp³-hybridized carbons (Fsp3) is 0.588. The van der Waals surface area contributed by atoms with Gasteiger partial charge in [0, 0.05) is 31.9 Å². The summed E-state index contributed by atoms with van der Waals surface area (Å²) in [6.07, 6.45) is 2.41. The maximum atomic E-state index is 12.9. The Kier molecular flexibility index (Phi) is 5.97. The van der Waals surface area contributed by atoms with E-state index in [1.165, 1.54) is 0 Å². The van der Waals surface area contributed by atoms with Gasteiger partial charge in [0.25, 0.3) is 11.7 Å². The van der Waals surface area contributed by atoms with Crippen molar-refractivity contribution in [3.8, 4) is 0 Å². The molecule has 1 aliphatic heterocycles. The molecule has 1 fully saturated rings. The molecule has 1 aromatic heterocycles. The number of nitrogens with zero attached hydrogens (tertiary/aromatic N) is 3. The molecule has 25 heavy (non-hydrogen) atoms. The molecule has 0 aromatic carbocycles. The Hall–Kier alpha value is -2.19. The molecule has 0 bridgehead atoms. The van der Waals surface area contributed by atoms with Gasteiger partial charge in [0.05, 0.1) is 0 Å². The van der Waals surface area contributed by atoms with Gasteiger partial charge in [-0.1, -0.05) is 19.4 Å². The Bertz CT molecular complexity index is 608. The van der Waals surface area contributed by atoms with E-state index in [0.29, 0.717) is 26.1 Å². The average Bonchev–Trinajstić information content (AvgIpc) is 2.59. The van der Waals surface area contributed by atoms with E-state index in [-0.39, 0.29) is 12.5 Å². The van der Waals surface area contributed by atoms with Gasteiger partial charge in [-0.15, -0.1) is 0 Å². The Labute approximate surface area is 147 Å². The molecule has 1 aromatic rings. The van der Waals surface area contributed by atoms with Crippen LogP contribution in [0.15, 0.2) is 24.4 Å². The SMILES string of the molecule is CCCC(C(=O)N1CCN(c2ccccn2)C[C@H]1C)C(O)(O)C(N)=O. The highest BCUT2D eigenvalue weighted by Crippen LogP contribution is 2.26. The van der Waals surface area contributed by atoms with Crippen molar-refractivity contribution in [1.82, 2.24) is 9.88 Å². The molecular weight excluding hydrogens is 324 g/mol. The minimum Gasteiger partial charge on any atom is -0.365 e. The number of aliphatic hydroxyl groups is 2. The Morgan fingerprint density at radius 1 is 1.40 bits per heavy atom. The number of carbonyl (C=O) groups is 2. The van der Waals surface area contributed by atoms with Crippen LogP contribution in [0.1, 0.15) is 26.7 Å². The highest BCUT2D eigenvalue weighted by Gasteiger charge is 2.47. The van der Waals surface area contributed by atoms with Gasteiger partial charge in [0.15, 0.2) is 0 Å². The quantitative estimate of drug-likeness (QED) is 0.606. The summed E-state index contributed by atoms with van der Waals surface area (Å²) >= 11 is 0. The van der Waals surface area contributed by atoms with Crippen LogP contribution in [0.25, 0.3) is 0 Å². The molecule has 4 N–H and O–H groups in total. The molecule has 0 spiro atoms. The lowest BCUT2D eigenvalue weighted by Crippen LogP contribution is -2.60. The number of hydrogen-bond acceptors (Lipinski definition) is 6. The van der Waals surface area contributed by atoms with Crippen molar-refractivity contribution >= 4 is 17.6 Å². The van der Waals surface area contributed by atoms with Crippen molar-refractivity contribution in [2.24, 2.45) is 11.7 Å². The lowest BCUT2D eigenvalue weighted by Gasteiger charge is -2.42. The first-order valence-electron chi connectivity index (χ1n) is 8.50. The maximum Gasteiger partial charge on any atom is 0.278 e. The summed E-state index contributed by atoms with van der Waals surface area (Å²) in [4.78, 5) is 32.2. The predicted octanol–water partition coefficient (Wildman–Crippen LogP) is -0.299. The second-order valence-corrected chi connectivity index (χ2v) is 6.45. The second-order valence-electron chi connectivity index (χ2n) is 6.45. The fourth-order valence-electron chi connectivity index (χ4n) is 3.19. The zero-order chi connectivity index (χ0) is 18.6. The highest BCUT2D eigenvalue weighted by atomic mass is 16.5. The summed E-state index contributed by atoms with van der Waals surface area (Å²) < 4.78 is 0. The van der Waals surface area contributed by atoms with Gasteiger partial charge in [-0.05, 0) is 25.5 Å². The van der Waals surface area contributed by atoms with Crippen LogP contribution in [0.2, 0.25) is 0 Å². The van der Waals surface area contributed by atoms with Crippen molar-refractivity contribution in [3.05, 3.63) is 24.4 Å². The topological polar surface area (TPSA) is 120 Å². The number of carbonyl (C=O) groups excluding carboxylic acids is 2. The molecule has 138 valence electrons. The molecule has 0 radical (unpaired) electrons. The average molecular weight is 350 g/mol. The van der Waals surface area contributed by atoms with Crippen LogP contribution >= 0.6 is 0 Å². The van der Waals surface area contributed by atoms with Gasteiger partial charge in [-0.25, -0.2) is 4.98 Å². The van der Waals surface area contributed by atoms with Crippen molar-refractivity contribution in [3.63, 3.8) is 0 Å². The minimum absolute atomic E-state index is 0.161. The lowest BCUT2D eigenvalue weighted by molar-refractivity contribution is -0.208. The number of piperazine rings is 1. The van der Waals surface area contributed by atoms with Crippen LogP contribution in [-0.4, -0.2) is 63.4 Å². The zero-order valence-corrected chi connectivity index (χ0v) is 14.6. The van der Waals surface area contributed by atoms with E-state index in [0.717, 1.165) is 5.82 Å². The molecule has 8 heteroatoms. The molecule has 2 rings (SSSR count). The summed E-state index contributed by atoms with van der Waals surface area (Å²) in [5.41, 5.74) is 5.08. The molecule has 2 atom stereocenters.